The first-order valence-corrected chi connectivity index (χ1v) is 8.07. The number of hydrogen-bond donors (Lipinski definition) is 0. The molecular weight excluding hydrogens is 230 g/mol. The molecule has 0 aliphatic heterocycles. The van der Waals surface area contributed by atoms with Crippen LogP contribution in [0.15, 0.2) is 0 Å². The van der Waals surface area contributed by atoms with E-state index in [1.54, 1.807) is 12.8 Å². The standard InChI is InChI=1S/C6H12Se2/c1-7-6(8-2)4-3-5-6/h3-5H2,1-2H3. The van der Waals surface area contributed by atoms with Crippen molar-refractivity contribution in [1.82, 2.24) is 0 Å². The van der Waals surface area contributed by atoms with Crippen LogP contribution >= 0.6 is 0 Å². The average Bonchev–Trinajstić information content (AvgIpc) is 1.67. The monoisotopic (exact) mass is 244 g/mol. The molecule has 0 atom stereocenters. The summed E-state index contributed by atoms with van der Waals surface area (Å²) >= 11 is 1.89. The molecule has 1 rings (SSSR count). The SMILES string of the molecule is C[Se]C1([Se]C)CCC1. The van der Waals surface area contributed by atoms with Gasteiger partial charge in [0.15, 0.2) is 0 Å². The van der Waals surface area contributed by atoms with E-state index in [0.29, 0.717) is 0 Å². The molecule has 0 aromatic heterocycles. The van der Waals surface area contributed by atoms with Gasteiger partial charge in [-0.15, -0.1) is 0 Å². The molecule has 0 heterocycles. The summed E-state index contributed by atoms with van der Waals surface area (Å²) in [6, 6.07) is 0. The van der Waals surface area contributed by atoms with E-state index in [1.807, 2.05) is 0 Å². The molecule has 0 bridgehead atoms. The Kier molecular flexibility index (Phi) is 2.46. The van der Waals surface area contributed by atoms with Gasteiger partial charge < -0.3 is 0 Å². The number of hydrogen-bond acceptors (Lipinski definition) is 0. The Morgan fingerprint density at radius 2 is 1.62 bits per heavy atom. The van der Waals surface area contributed by atoms with E-state index in [2.05, 4.69) is 11.6 Å². The van der Waals surface area contributed by atoms with E-state index in [9.17, 15) is 0 Å². The summed E-state index contributed by atoms with van der Waals surface area (Å²) in [6.07, 6.45) is 4.63. The van der Waals surface area contributed by atoms with Crippen LogP contribution in [-0.4, -0.2) is 29.9 Å². The molecule has 0 aromatic carbocycles. The van der Waals surface area contributed by atoms with Gasteiger partial charge in [-0.2, -0.15) is 0 Å². The van der Waals surface area contributed by atoms with Crippen molar-refractivity contribution in [1.29, 1.82) is 0 Å². The summed E-state index contributed by atoms with van der Waals surface area (Å²) in [6.45, 7) is 0. The minimum absolute atomic E-state index is 0.931. The van der Waals surface area contributed by atoms with Gasteiger partial charge in [0.25, 0.3) is 0 Å². The van der Waals surface area contributed by atoms with Gasteiger partial charge in [0.1, 0.15) is 0 Å². The van der Waals surface area contributed by atoms with Crippen LogP contribution in [0.1, 0.15) is 19.3 Å². The van der Waals surface area contributed by atoms with Crippen LogP contribution in [0.4, 0.5) is 0 Å². The minimum atomic E-state index is 0.931. The topological polar surface area (TPSA) is 0 Å². The predicted molar refractivity (Wildman–Crippen MR) is 39.8 cm³/mol. The molecule has 1 fully saturated rings. The first-order chi connectivity index (χ1) is 3.83. The first-order valence-electron chi connectivity index (χ1n) is 2.93. The molecular formula is C6H12Se2. The van der Waals surface area contributed by atoms with E-state index in [0.717, 1.165) is 33.1 Å². The van der Waals surface area contributed by atoms with Crippen LogP contribution in [0.5, 0.6) is 0 Å². The molecule has 0 amide bonds. The Balaban J connectivity index is 2.33. The summed E-state index contributed by atoms with van der Waals surface area (Å²) < 4.78 is 0.931. The van der Waals surface area contributed by atoms with Crippen LogP contribution in [-0.2, 0) is 0 Å². The summed E-state index contributed by atoms with van der Waals surface area (Å²) in [7, 11) is 0. The molecule has 0 spiro atoms. The maximum atomic E-state index is 2.40. The van der Waals surface area contributed by atoms with Gasteiger partial charge in [0.2, 0.25) is 0 Å². The van der Waals surface area contributed by atoms with E-state index in [1.165, 1.54) is 6.42 Å². The maximum absolute atomic E-state index is 2.40. The molecule has 1 aliphatic rings. The fourth-order valence-corrected chi connectivity index (χ4v) is 6.05. The molecule has 0 saturated heterocycles. The van der Waals surface area contributed by atoms with Gasteiger partial charge in [-0.05, 0) is 0 Å². The Morgan fingerprint density at radius 3 is 1.62 bits per heavy atom. The third-order valence-corrected chi connectivity index (χ3v) is 10.3. The van der Waals surface area contributed by atoms with Gasteiger partial charge in [0.05, 0.1) is 0 Å². The summed E-state index contributed by atoms with van der Waals surface area (Å²) in [4.78, 5) is 0. The van der Waals surface area contributed by atoms with E-state index in [4.69, 9.17) is 0 Å². The Labute approximate surface area is 64.1 Å². The fraction of sp³-hybridized carbons (Fsp3) is 1.00. The van der Waals surface area contributed by atoms with Crippen molar-refractivity contribution in [2.75, 3.05) is 0 Å². The van der Waals surface area contributed by atoms with Crippen LogP contribution in [0.3, 0.4) is 0 Å². The van der Waals surface area contributed by atoms with Crippen molar-refractivity contribution in [3.05, 3.63) is 0 Å². The molecule has 0 nitrogen and oxygen atoms in total. The van der Waals surface area contributed by atoms with Gasteiger partial charge in [0, 0.05) is 0 Å². The zero-order valence-electron chi connectivity index (χ0n) is 5.44. The van der Waals surface area contributed by atoms with Crippen LogP contribution < -0.4 is 0 Å². The number of rotatable bonds is 2. The van der Waals surface area contributed by atoms with Crippen LogP contribution in [0.2, 0.25) is 14.9 Å². The Hall–Kier alpha value is 1.04. The predicted octanol–water partition coefficient (Wildman–Crippen LogP) is 1.79. The molecule has 2 heteroatoms. The molecule has 1 saturated carbocycles. The first kappa shape index (κ1) is 7.15. The Morgan fingerprint density at radius 1 is 1.12 bits per heavy atom. The quantitative estimate of drug-likeness (QED) is 0.647. The third-order valence-electron chi connectivity index (χ3n) is 1.86. The van der Waals surface area contributed by atoms with Gasteiger partial charge in [-0.3, -0.25) is 0 Å². The zero-order chi connectivity index (χ0) is 6.04. The summed E-state index contributed by atoms with van der Waals surface area (Å²) in [5.41, 5.74) is 0. The van der Waals surface area contributed by atoms with Crippen molar-refractivity contribution in [2.45, 2.75) is 34.1 Å². The average molecular weight is 242 g/mol. The second kappa shape index (κ2) is 2.75. The summed E-state index contributed by atoms with van der Waals surface area (Å²) in [5, 5.41) is 0. The Bertz CT molecular complexity index is 63.1. The van der Waals surface area contributed by atoms with E-state index >= 15 is 0 Å². The van der Waals surface area contributed by atoms with E-state index in [-0.39, 0.29) is 0 Å². The third kappa shape index (κ3) is 1.14. The van der Waals surface area contributed by atoms with Crippen molar-refractivity contribution in [3.63, 3.8) is 0 Å². The van der Waals surface area contributed by atoms with Crippen molar-refractivity contribution < 1.29 is 0 Å². The molecule has 1 aliphatic carbocycles. The van der Waals surface area contributed by atoms with E-state index < -0.39 is 0 Å². The van der Waals surface area contributed by atoms with Gasteiger partial charge >= 0.3 is 64.0 Å². The van der Waals surface area contributed by atoms with Crippen molar-refractivity contribution in [3.8, 4) is 0 Å². The fourth-order valence-electron chi connectivity index (χ4n) is 0.957. The van der Waals surface area contributed by atoms with Crippen molar-refractivity contribution >= 4 is 29.9 Å². The molecule has 0 radical (unpaired) electrons. The second-order valence-corrected chi connectivity index (χ2v) is 8.47. The zero-order valence-corrected chi connectivity index (χ0v) is 8.86. The normalized spacial score (nSPS) is 24.8. The van der Waals surface area contributed by atoms with Gasteiger partial charge in [-0.25, -0.2) is 0 Å². The van der Waals surface area contributed by atoms with Crippen LogP contribution in [0.25, 0.3) is 0 Å². The second-order valence-electron chi connectivity index (χ2n) is 2.17. The van der Waals surface area contributed by atoms with Gasteiger partial charge in [-0.1, -0.05) is 0 Å². The molecule has 0 unspecified atom stereocenters. The van der Waals surface area contributed by atoms with Crippen molar-refractivity contribution in [2.24, 2.45) is 0 Å². The summed E-state index contributed by atoms with van der Waals surface area (Å²) in [5.74, 6) is 4.80. The molecule has 8 heavy (non-hydrogen) atoms. The molecule has 48 valence electrons. The molecule has 0 aromatic rings. The van der Waals surface area contributed by atoms with Crippen LogP contribution in [0, 0.1) is 0 Å². The molecule has 0 N–H and O–H groups in total.